The van der Waals surface area contributed by atoms with Crippen LogP contribution in [0.25, 0.3) is 11.5 Å². The van der Waals surface area contributed by atoms with E-state index in [4.69, 9.17) is 20.8 Å². The van der Waals surface area contributed by atoms with Crippen LogP contribution in [0, 0.1) is 19.8 Å². The van der Waals surface area contributed by atoms with Gasteiger partial charge in [0.05, 0.1) is 17.8 Å². The lowest BCUT2D eigenvalue weighted by atomic mass is 9.85. The standard InChI is InChI=1S/C26H28ClN3O4/c1-15-13-19(27)11-12-23(15)33-17(3)24(31)28-14-22-16(2)34-26(30-22)20-9-4-5-10-21(20)29-25(32)18-7-6-8-18/h4-5,9-13,17-18H,6-8,14H2,1-3H3,(H,28,31)(H,29,32)/t17-/m0/s1. The molecule has 8 heteroatoms. The molecule has 7 nitrogen and oxygen atoms in total. The number of hydrogen-bond donors (Lipinski definition) is 2. The molecule has 1 saturated carbocycles. The average Bonchev–Trinajstić information content (AvgIpc) is 3.13. The minimum Gasteiger partial charge on any atom is -0.481 e. The van der Waals surface area contributed by atoms with Crippen LogP contribution in [-0.2, 0) is 16.1 Å². The molecule has 34 heavy (non-hydrogen) atoms. The molecule has 0 bridgehead atoms. The highest BCUT2D eigenvalue weighted by Gasteiger charge is 2.26. The molecule has 0 radical (unpaired) electrons. The fourth-order valence-corrected chi connectivity index (χ4v) is 3.92. The third-order valence-electron chi connectivity index (χ3n) is 6.02. The highest BCUT2D eigenvalue weighted by Crippen LogP contribution is 2.32. The lowest BCUT2D eigenvalue weighted by Crippen LogP contribution is -2.36. The van der Waals surface area contributed by atoms with Crippen molar-refractivity contribution >= 4 is 29.1 Å². The monoisotopic (exact) mass is 481 g/mol. The Morgan fingerprint density at radius 2 is 1.97 bits per heavy atom. The van der Waals surface area contributed by atoms with E-state index in [0.29, 0.717) is 39.4 Å². The summed E-state index contributed by atoms with van der Waals surface area (Å²) < 4.78 is 11.7. The van der Waals surface area contributed by atoms with Gasteiger partial charge in [0, 0.05) is 10.9 Å². The van der Waals surface area contributed by atoms with Crippen molar-refractivity contribution in [1.82, 2.24) is 10.3 Å². The molecule has 1 fully saturated rings. The Balaban J connectivity index is 1.40. The van der Waals surface area contributed by atoms with E-state index in [9.17, 15) is 9.59 Å². The van der Waals surface area contributed by atoms with E-state index in [1.807, 2.05) is 31.2 Å². The van der Waals surface area contributed by atoms with Crippen LogP contribution in [0.4, 0.5) is 5.69 Å². The van der Waals surface area contributed by atoms with E-state index in [-0.39, 0.29) is 24.3 Å². The molecule has 0 spiro atoms. The number of benzene rings is 2. The van der Waals surface area contributed by atoms with E-state index in [1.165, 1.54) is 0 Å². The van der Waals surface area contributed by atoms with Crippen molar-refractivity contribution in [1.29, 1.82) is 0 Å². The third-order valence-corrected chi connectivity index (χ3v) is 6.26. The van der Waals surface area contributed by atoms with Crippen LogP contribution in [0.2, 0.25) is 5.02 Å². The second-order valence-electron chi connectivity index (χ2n) is 8.57. The van der Waals surface area contributed by atoms with Crippen LogP contribution in [0.15, 0.2) is 46.9 Å². The minimum absolute atomic E-state index is 0.0272. The van der Waals surface area contributed by atoms with Crippen LogP contribution < -0.4 is 15.4 Å². The summed E-state index contributed by atoms with van der Waals surface area (Å²) in [5.74, 6) is 1.43. The third kappa shape index (κ3) is 5.42. The zero-order valence-corrected chi connectivity index (χ0v) is 20.2. The van der Waals surface area contributed by atoms with E-state index >= 15 is 0 Å². The number of aromatic nitrogens is 1. The zero-order chi connectivity index (χ0) is 24.2. The van der Waals surface area contributed by atoms with Crippen LogP contribution in [-0.4, -0.2) is 22.9 Å². The average molecular weight is 482 g/mol. The van der Waals surface area contributed by atoms with Crippen molar-refractivity contribution in [2.24, 2.45) is 5.92 Å². The Morgan fingerprint density at radius 3 is 2.68 bits per heavy atom. The largest absolute Gasteiger partial charge is 0.481 e. The van der Waals surface area contributed by atoms with Crippen molar-refractivity contribution in [3.05, 3.63) is 64.5 Å². The number of carbonyl (C=O) groups is 2. The molecular weight excluding hydrogens is 454 g/mol. The van der Waals surface area contributed by atoms with Crippen LogP contribution in [0.5, 0.6) is 5.75 Å². The molecule has 2 amide bonds. The number of nitrogens with zero attached hydrogens (tertiary/aromatic N) is 1. The molecule has 1 aliphatic carbocycles. The molecule has 4 rings (SSSR count). The number of rotatable bonds is 8. The first-order valence-electron chi connectivity index (χ1n) is 11.4. The smallest absolute Gasteiger partial charge is 0.261 e. The molecule has 2 N–H and O–H groups in total. The summed E-state index contributed by atoms with van der Waals surface area (Å²) in [4.78, 5) is 29.6. The maximum Gasteiger partial charge on any atom is 0.261 e. The molecule has 0 aliphatic heterocycles. The molecule has 1 aromatic heterocycles. The fraction of sp³-hybridized carbons (Fsp3) is 0.346. The van der Waals surface area contributed by atoms with Gasteiger partial charge in [-0.05, 0) is 69.5 Å². The van der Waals surface area contributed by atoms with Gasteiger partial charge in [-0.2, -0.15) is 0 Å². The van der Waals surface area contributed by atoms with Crippen LogP contribution in [0.1, 0.15) is 43.2 Å². The first kappa shape index (κ1) is 23.8. The van der Waals surface area contributed by atoms with Crippen molar-refractivity contribution in [3.8, 4) is 17.2 Å². The van der Waals surface area contributed by atoms with Crippen molar-refractivity contribution in [3.63, 3.8) is 0 Å². The summed E-state index contributed by atoms with van der Waals surface area (Å²) in [6.07, 6.45) is 2.25. The van der Waals surface area contributed by atoms with E-state index in [1.54, 1.807) is 32.0 Å². The van der Waals surface area contributed by atoms with E-state index in [0.717, 1.165) is 24.8 Å². The lowest BCUT2D eigenvalue weighted by Gasteiger charge is -2.24. The molecular formula is C26H28ClN3O4. The maximum absolute atomic E-state index is 12.6. The SMILES string of the molecule is Cc1cc(Cl)ccc1O[C@@H](C)C(=O)NCc1nc(-c2ccccc2NC(=O)C2CCC2)oc1C. The van der Waals surface area contributed by atoms with Gasteiger partial charge in [-0.25, -0.2) is 4.98 Å². The molecule has 1 heterocycles. The van der Waals surface area contributed by atoms with Crippen molar-refractivity contribution in [2.75, 3.05) is 5.32 Å². The molecule has 1 aliphatic rings. The topological polar surface area (TPSA) is 93.5 Å². The number of ether oxygens (including phenoxy) is 1. The zero-order valence-electron chi connectivity index (χ0n) is 19.5. The summed E-state index contributed by atoms with van der Waals surface area (Å²) in [7, 11) is 0. The molecule has 3 aromatic rings. The Kier molecular flexibility index (Phi) is 7.22. The summed E-state index contributed by atoms with van der Waals surface area (Å²) in [5.41, 5.74) is 2.83. The second kappa shape index (κ2) is 10.3. The van der Waals surface area contributed by atoms with Crippen molar-refractivity contribution in [2.45, 2.75) is 52.7 Å². The van der Waals surface area contributed by atoms with Gasteiger partial charge in [0.15, 0.2) is 6.10 Å². The molecule has 0 saturated heterocycles. The van der Waals surface area contributed by atoms with E-state index < -0.39 is 6.10 Å². The highest BCUT2D eigenvalue weighted by atomic mass is 35.5. The van der Waals surface area contributed by atoms with Gasteiger partial charge in [0.25, 0.3) is 5.91 Å². The number of anilines is 1. The number of para-hydroxylation sites is 1. The van der Waals surface area contributed by atoms with Gasteiger partial charge in [-0.3, -0.25) is 9.59 Å². The van der Waals surface area contributed by atoms with Gasteiger partial charge in [-0.15, -0.1) is 0 Å². The minimum atomic E-state index is -0.700. The molecule has 2 aromatic carbocycles. The predicted molar refractivity (Wildman–Crippen MR) is 131 cm³/mol. The number of oxazole rings is 1. The maximum atomic E-state index is 12.6. The number of carbonyl (C=O) groups excluding carboxylic acids is 2. The molecule has 178 valence electrons. The van der Waals surface area contributed by atoms with Crippen LogP contribution in [0.3, 0.4) is 0 Å². The first-order valence-corrected chi connectivity index (χ1v) is 11.8. The van der Waals surface area contributed by atoms with Gasteiger partial charge in [0.2, 0.25) is 11.8 Å². The lowest BCUT2D eigenvalue weighted by molar-refractivity contribution is -0.127. The van der Waals surface area contributed by atoms with Gasteiger partial charge in [0.1, 0.15) is 17.2 Å². The second-order valence-corrected chi connectivity index (χ2v) is 9.01. The fourth-order valence-electron chi connectivity index (χ4n) is 3.69. The first-order chi connectivity index (χ1) is 16.3. The number of halogens is 1. The predicted octanol–water partition coefficient (Wildman–Crippen LogP) is 5.43. The van der Waals surface area contributed by atoms with Gasteiger partial charge in [-0.1, -0.05) is 30.2 Å². The summed E-state index contributed by atoms with van der Waals surface area (Å²) >= 11 is 5.98. The summed E-state index contributed by atoms with van der Waals surface area (Å²) in [5, 5.41) is 6.47. The number of amides is 2. The number of aryl methyl sites for hydroxylation is 2. The summed E-state index contributed by atoms with van der Waals surface area (Å²) in [6.45, 7) is 5.55. The van der Waals surface area contributed by atoms with E-state index in [2.05, 4.69) is 15.6 Å². The van der Waals surface area contributed by atoms with Gasteiger partial charge < -0.3 is 19.8 Å². The number of hydrogen-bond acceptors (Lipinski definition) is 5. The Morgan fingerprint density at radius 1 is 1.21 bits per heavy atom. The molecule has 1 atom stereocenters. The number of nitrogens with one attached hydrogen (secondary N) is 2. The Hall–Kier alpha value is -3.32. The summed E-state index contributed by atoms with van der Waals surface area (Å²) in [6, 6.07) is 12.7. The molecule has 0 unspecified atom stereocenters. The van der Waals surface area contributed by atoms with Gasteiger partial charge >= 0.3 is 0 Å². The Labute approximate surface area is 203 Å². The Bertz CT molecular complexity index is 1200. The van der Waals surface area contributed by atoms with Crippen molar-refractivity contribution < 1.29 is 18.7 Å². The quantitative estimate of drug-likeness (QED) is 0.447. The highest BCUT2D eigenvalue weighted by molar-refractivity contribution is 6.30. The van der Waals surface area contributed by atoms with Crippen LogP contribution >= 0.6 is 11.6 Å². The normalized spacial score (nSPS) is 14.2.